The molecule has 0 bridgehead atoms. The van der Waals surface area contributed by atoms with Gasteiger partial charge in [0, 0.05) is 12.7 Å². The third kappa shape index (κ3) is 5.35. The van der Waals surface area contributed by atoms with E-state index in [-0.39, 0.29) is 0 Å². The monoisotopic (exact) mass is 240 g/mol. The molecule has 6 heteroatoms. The lowest BCUT2D eigenvalue weighted by atomic mass is 10.2. The molecular weight excluding hydrogens is 220 g/mol. The van der Waals surface area contributed by atoms with Crippen molar-refractivity contribution in [2.24, 2.45) is 0 Å². The number of carbonyl (C=O) groups is 1. The van der Waals surface area contributed by atoms with Gasteiger partial charge in [0.15, 0.2) is 0 Å². The molecule has 6 nitrogen and oxygen atoms in total. The highest BCUT2D eigenvalue weighted by atomic mass is 16.6. The molecule has 2 N–H and O–H groups in total. The van der Waals surface area contributed by atoms with Gasteiger partial charge in [0.25, 0.3) is 0 Å². The van der Waals surface area contributed by atoms with Gasteiger partial charge in [-0.05, 0) is 27.8 Å². The maximum absolute atomic E-state index is 11.5. The predicted molar refractivity (Wildman–Crippen MR) is 66.0 cm³/mol. The highest BCUT2D eigenvalue weighted by molar-refractivity contribution is 5.84. The van der Waals surface area contributed by atoms with Crippen LogP contribution < -0.4 is 10.6 Å². The Hall–Kier alpha value is -1.56. The molecule has 0 saturated carbocycles. The molecule has 0 fully saturated rings. The van der Waals surface area contributed by atoms with Crippen molar-refractivity contribution in [1.82, 2.24) is 15.1 Å². The van der Waals surface area contributed by atoms with Crippen LogP contribution in [0.5, 0.6) is 0 Å². The van der Waals surface area contributed by atoms with Crippen LogP contribution in [0, 0.1) is 0 Å². The number of rotatable bonds is 4. The maximum atomic E-state index is 11.5. The molecule has 1 heterocycles. The maximum Gasteiger partial charge on any atom is 0.412 e. The summed E-state index contributed by atoms with van der Waals surface area (Å²) in [5, 5.41) is 9.76. The number of nitrogens with one attached hydrogen (secondary N) is 2. The lowest BCUT2D eigenvalue weighted by Gasteiger charge is -2.19. The lowest BCUT2D eigenvalue weighted by Crippen LogP contribution is -2.27. The first-order valence-electron chi connectivity index (χ1n) is 5.58. The zero-order valence-electron chi connectivity index (χ0n) is 10.8. The van der Waals surface area contributed by atoms with E-state index in [4.69, 9.17) is 4.74 Å². The minimum atomic E-state index is -0.494. The van der Waals surface area contributed by atoms with Crippen molar-refractivity contribution in [3.05, 3.63) is 12.4 Å². The van der Waals surface area contributed by atoms with Crippen LogP contribution in [0.1, 0.15) is 20.8 Å². The summed E-state index contributed by atoms with van der Waals surface area (Å²) in [6.45, 7) is 7.05. The number of likely N-dealkylation sites (N-methyl/N-ethyl adjacent to an activating group) is 1. The molecule has 1 aromatic rings. The quantitative estimate of drug-likeness (QED) is 0.835. The highest BCUT2D eigenvalue weighted by Crippen LogP contribution is 2.10. The summed E-state index contributed by atoms with van der Waals surface area (Å²) in [6.07, 6.45) is 2.89. The molecule has 0 unspecified atom stereocenters. The molecule has 0 radical (unpaired) electrons. The molecule has 0 aliphatic heterocycles. The van der Waals surface area contributed by atoms with Gasteiger partial charge in [-0.15, -0.1) is 0 Å². The SMILES string of the molecule is CNCCn1cc(NC(=O)OC(C)(C)C)cn1. The third-order valence-corrected chi connectivity index (χ3v) is 1.87. The zero-order valence-corrected chi connectivity index (χ0v) is 10.8. The van der Waals surface area contributed by atoms with Crippen molar-refractivity contribution in [2.45, 2.75) is 32.9 Å². The second kappa shape index (κ2) is 5.67. The molecule has 1 amide bonds. The minimum Gasteiger partial charge on any atom is -0.444 e. The summed E-state index contributed by atoms with van der Waals surface area (Å²) in [7, 11) is 1.88. The van der Waals surface area contributed by atoms with E-state index < -0.39 is 11.7 Å². The van der Waals surface area contributed by atoms with Crippen molar-refractivity contribution >= 4 is 11.8 Å². The second-order valence-electron chi connectivity index (χ2n) is 4.72. The van der Waals surface area contributed by atoms with E-state index in [2.05, 4.69) is 15.7 Å². The van der Waals surface area contributed by atoms with Gasteiger partial charge in [-0.2, -0.15) is 5.10 Å². The Labute approximate surface area is 101 Å². The smallest absolute Gasteiger partial charge is 0.412 e. The van der Waals surface area contributed by atoms with Crippen molar-refractivity contribution in [3.8, 4) is 0 Å². The average Bonchev–Trinajstić information content (AvgIpc) is 2.59. The third-order valence-electron chi connectivity index (χ3n) is 1.87. The van der Waals surface area contributed by atoms with Crippen LogP contribution in [-0.2, 0) is 11.3 Å². The van der Waals surface area contributed by atoms with Crippen LogP contribution in [0.15, 0.2) is 12.4 Å². The molecule has 0 atom stereocenters. The molecular formula is C11H20N4O2. The van der Waals surface area contributed by atoms with Crippen molar-refractivity contribution in [2.75, 3.05) is 18.9 Å². The molecule has 0 aliphatic carbocycles. The van der Waals surface area contributed by atoms with Crippen LogP contribution in [0.25, 0.3) is 0 Å². The fourth-order valence-electron chi connectivity index (χ4n) is 1.20. The summed E-state index contributed by atoms with van der Waals surface area (Å²) in [5.41, 5.74) is 0.141. The van der Waals surface area contributed by atoms with Crippen molar-refractivity contribution in [1.29, 1.82) is 0 Å². The Kier molecular flexibility index (Phi) is 4.51. The van der Waals surface area contributed by atoms with E-state index in [1.807, 2.05) is 27.8 Å². The number of anilines is 1. The van der Waals surface area contributed by atoms with Gasteiger partial charge in [-0.1, -0.05) is 0 Å². The molecule has 17 heavy (non-hydrogen) atoms. The predicted octanol–water partition coefficient (Wildman–Crippen LogP) is 1.45. The van der Waals surface area contributed by atoms with Gasteiger partial charge in [0.05, 0.1) is 18.4 Å². The molecule has 96 valence electrons. The van der Waals surface area contributed by atoms with Crippen LogP contribution in [0.4, 0.5) is 10.5 Å². The summed E-state index contributed by atoms with van der Waals surface area (Å²) < 4.78 is 6.89. The van der Waals surface area contributed by atoms with E-state index in [0.717, 1.165) is 13.1 Å². The van der Waals surface area contributed by atoms with E-state index in [0.29, 0.717) is 5.69 Å². The number of amides is 1. The van der Waals surface area contributed by atoms with Crippen LogP contribution in [0.2, 0.25) is 0 Å². The van der Waals surface area contributed by atoms with Gasteiger partial charge in [-0.3, -0.25) is 10.00 Å². The first-order chi connectivity index (χ1) is 7.90. The van der Waals surface area contributed by atoms with E-state index in [1.165, 1.54) is 0 Å². The van der Waals surface area contributed by atoms with Gasteiger partial charge in [0.1, 0.15) is 5.60 Å². The summed E-state index contributed by atoms with van der Waals surface area (Å²) in [5.74, 6) is 0. The Balaban J connectivity index is 2.46. The topological polar surface area (TPSA) is 68.2 Å². The van der Waals surface area contributed by atoms with Gasteiger partial charge in [0.2, 0.25) is 0 Å². The fraction of sp³-hybridized carbons (Fsp3) is 0.636. The number of nitrogens with zero attached hydrogens (tertiary/aromatic N) is 2. The zero-order chi connectivity index (χ0) is 12.9. The molecule has 0 saturated heterocycles. The number of aromatic nitrogens is 2. The van der Waals surface area contributed by atoms with E-state index in [9.17, 15) is 4.79 Å². The first kappa shape index (κ1) is 13.5. The Bertz CT molecular complexity index is 368. The molecule has 1 rings (SSSR count). The van der Waals surface area contributed by atoms with Crippen LogP contribution in [0.3, 0.4) is 0 Å². The van der Waals surface area contributed by atoms with Crippen molar-refractivity contribution in [3.63, 3.8) is 0 Å². The Morgan fingerprint density at radius 1 is 1.53 bits per heavy atom. The highest BCUT2D eigenvalue weighted by Gasteiger charge is 2.16. The van der Waals surface area contributed by atoms with E-state index >= 15 is 0 Å². The number of hydrogen-bond donors (Lipinski definition) is 2. The number of ether oxygens (including phenoxy) is 1. The van der Waals surface area contributed by atoms with Gasteiger partial charge < -0.3 is 10.1 Å². The Morgan fingerprint density at radius 2 is 2.24 bits per heavy atom. The molecule has 1 aromatic heterocycles. The lowest BCUT2D eigenvalue weighted by molar-refractivity contribution is 0.0636. The standard InChI is InChI=1S/C11H20N4O2/c1-11(2,3)17-10(16)14-9-7-13-15(8-9)6-5-12-4/h7-8,12H,5-6H2,1-4H3,(H,14,16). The minimum absolute atomic E-state index is 0.467. The fourth-order valence-corrected chi connectivity index (χ4v) is 1.20. The van der Waals surface area contributed by atoms with Crippen molar-refractivity contribution < 1.29 is 9.53 Å². The number of carbonyl (C=O) groups excluding carboxylic acids is 1. The van der Waals surface area contributed by atoms with E-state index in [1.54, 1.807) is 17.1 Å². The molecule has 0 aromatic carbocycles. The normalized spacial score (nSPS) is 11.3. The Morgan fingerprint density at radius 3 is 2.82 bits per heavy atom. The summed E-state index contributed by atoms with van der Waals surface area (Å²) in [6, 6.07) is 0. The second-order valence-corrected chi connectivity index (χ2v) is 4.72. The number of hydrogen-bond acceptors (Lipinski definition) is 4. The average molecular weight is 240 g/mol. The largest absolute Gasteiger partial charge is 0.444 e. The van der Waals surface area contributed by atoms with Gasteiger partial charge in [-0.25, -0.2) is 4.79 Å². The molecule has 0 aliphatic rings. The van der Waals surface area contributed by atoms with Crippen LogP contribution in [-0.4, -0.2) is 35.1 Å². The summed E-state index contributed by atoms with van der Waals surface area (Å²) >= 11 is 0. The summed E-state index contributed by atoms with van der Waals surface area (Å²) in [4.78, 5) is 11.5. The van der Waals surface area contributed by atoms with Crippen LogP contribution >= 0.6 is 0 Å². The van der Waals surface area contributed by atoms with Gasteiger partial charge >= 0.3 is 6.09 Å². The first-order valence-corrected chi connectivity index (χ1v) is 5.58. The molecule has 0 spiro atoms.